The molecule has 0 aliphatic heterocycles. The average Bonchev–Trinajstić information content (AvgIpc) is 2.59. The number of nitrogens with zero attached hydrogens (tertiary/aromatic N) is 2. The molecule has 2 rings (SSSR count). The Labute approximate surface area is 102 Å². The summed E-state index contributed by atoms with van der Waals surface area (Å²) in [5.74, 6) is 1.30. The Kier molecular flexibility index (Phi) is 3.50. The summed E-state index contributed by atoms with van der Waals surface area (Å²) in [6.45, 7) is 7.35. The van der Waals surface area contributed by atoms with Crippen molar-refractivity contribution < 1.29 is 9.53 Å². The third-order valence-corrected chi connectivity index (χ3v) is 3.50. The van der Waals surface area contributed by atoms with Crippen molar-refractivity contribution in [3.05, 3.63) is 17.5 Å². The molecular weight excluding hydrogens is 216 g/mol. The zero-order valence-electron chi connectivity index (χ0n) is 10.8. The molecule has 17 heavy (non-hydrogen) atoms. The van der Waals surface area contributed by atoms with Gasteiger partial charge in [-0.2, -0.15) is 5.10 Å². The summed E-state index contributed by atoms with van der Waals surface area (Å²) < 4.78 is 6.93. The van der Waals surface area contributed by atoms with Crippen molar-refractivity contribution in [2.45, 2.75) is 40.2 Å². The molecule has 1 heterocycles. The van der Waals surface area contributed by atoms with Crippen LogP contribution in [0.4, 0.5) is 0 Å². The fraction of sp³-hybridized carbons (Fsp3) is 0.692. The van der Waals surface area contributed by atoms with E-state index < -0.39 is 0 Å². The van der Waals surface area contributed by atoms with Crippen molar-refractivity contribution in [3.63, 3.8) is 0 Å². The van der Waals surface area contributed by atoms with E-state index in [-0.39, 0.29) is 5.97 Å². The number of ether oxygens (including phenoxy) is 1. The van der Waals surface area contributed by atoms with E-state index >= 15 is 0 Å². The highest BCUT2D eigenvalue weighted by Gasteiger charge is 2.26. The predicted molar refractivity (Wildman–Crippen MR) is 64.8 cm³/mol. The lowest BCUT2D eigenvalue weighted by atomic mass is 9.76. The smallest absolute Gasteiger partial charge is 0.341 e. The minimum absolute atomic E-state index is 0.266. The molecular formula is C13H20N2O2. The molecule has 0 radical (unpaired) electrons. The molecule has 0 saturated heterocycles. The van der Waals surface area contributed by atoms with E-state index in [1.807, 2.05) is 18.5 Å². The Morgan fingerprint density at radius 1 is 1.59 bits per heavy atom. The van der Waals surface area contributed by atoms with E-state index in [4.69, 9.17) is 4.74 Å². The van der Waals surface area contributed by atoms with E-state index in [0.717, 1.165) is 24.1 Å². The normalized spacial score (nSPS) is 23.2. The number of rotatable bonds is 4. The van der Waals surface area contributed by atoms with Gasteiger partial charge in [0.2, 0.25) is 0 Å². The monoisotopic (exact) mass is 236 g/mol. The molecule has 94 valence electrons. The van der Waals surface area contributed by atoms with Gasteiger partial charge in [0.1, 0.15) is 5.56 Å². The lowest BCUT2D eigenvalue weighted by Crippen LogP contribution is -2.26. The number of hydrogen-bond donors (Lipinski definition) is 0. The number of aromatic nitrogens is 2. The van der Waals surface area contributed by atoms with Gasteiger partial charge in [-0.05, 0) is 38.5 Å². The summed E-state index contributed by atoms with van der Waals surface area (Å²) in [4.78, 5) is 11.6. The SMILES string of the molecule is CCOC(=O)c1cnn(CC2CC(C)C2)c1C. The van der Waals surface area contributed by atoms with Gasteiger partial charge in [-0.25, -0.2) is 4.79 Å². The van der Waals surface area contributed by atoms with Crippen LogP contribution >= 0.6 is 0 Å². The van der Waals surface area contributed by atoms with E-state index in [9.17, 15) is 4.79 Å². The molecule has 1 aliphatic carbocycles. The van der Waals surface area contributed by atoms with Gasteiger partial charge in [-0.3, -0.25) is 4.68 Å². The Hall–Kier alpha value is -1.32. The highest BCUT2D eigenvalue weighted by Crippen LogP contribution is 2.34. The summed E-state index contributed by atoms with van der Waals surface area (Å²) in [5, 5.41) is 4.28. The summed E-state index contributed by atoms with van der Waals surface area (Å²) in [7, 11) is 0. The number of carbonyl (C=O) groups is 1. The molecule has 0 aromatic carbocycles. The predicted octanol–water partition coefficient (Wildman–Crippen LogP) is 2.41. The maximum Gasteiger partial charge on any atom is 0.341 e. The van der Waals surface area contributed by atoms with Crippen LogP contribution < -0.4 is 0 Å². The largest absolute Gasteiger partial charge is 0.462 e. The maximum absolute atomic E-state index is 11.6. The van der Waals surface area contributed by atoms with Crippen LogP contribution in [0.1, 0.15) is 42.7 Å². The van der Waals surface area contributed by atoms with Gasteiger partial charge in [0.25, 0.3) is 0 Å². The molecule has 1 aromatic heterocycles. The minimum atomic E-state index is -0.266. The summed E-state index contributed by atoms with van der Waals surface area (Å²) in [6, 6.07) is 0. The van der Waals surface area contributed by atoms with Crippen LogP contribution in [0.25, 0.3) is 0 Å². The fourth-order valence-corrected chi connectivity index (χ4v) is 2.50. The Bertz CT molecular complexity index is 406. The van der Waals surface area contributed by atoms with Crippen LogP contribution in [-0.2, 0) is 11.3 Å². The molecule has 4 nitrogen and oxygen atoms in total. The number of hydrogen-bond acceptors (Lipinski definition) is 3. The van der Waals surface area contributed by atoms with Crippen molar-refractivity contribution in [1.82, 2.24) is 9.78 Å². The second kappa shape index (κ2) is 4.90. The van der Waals surface area contributed by atoms with Gasteiger partial charge in [-0.15, -0.1) is 0 Å². The lowest BCUT2D eigenvalue weighted by molar-refractivity contribution is 0.0525. The molecule has 0 bridgehead atoms. The average molecular weight is 236 g/mol. The molecule has 0 unspecified atom stereocenters. The summed E-state index contributed by atoms with van der Waals surface area (Å²) in [6.07, 6.45) is 4.16. The molecule has 1 fully saturated rings. The van der Waals surface area contributed by atoms with Gasteiger partial charge in [-0.1, -0.05) is 6.92 Å². The topological polar surface area (TPSA) is 44.1 Å². The zero-order chi connectivity index (χ0) is 12.4. The van der Waals surface area contributed by atoms with Gasteiger partial charge < -0.3 is 4.74 Å². The Balaban J connectivity index is 2.02. The molecule has 1 saturated carbocycles. The van der Waals surface area contributed by atoms with Crippen molar-refractivity contribution in [3.8, 4) is 0 Å². The zero-order valence-corrected chi connectivity index (χ0v) is 10.8. The van der Waals surface area contributed by atoms with E-state index in [2.05, 4.69) is 12.0 Å². The van der Waals surface area contributed by atoms with Crippen molar-refractivity contribution in [2.75, 3.05) is 6.61 Å². The first kappa shape index (κ1) is 12.1. The highest BCUT2D eigenvalue weighted by atomic mass is 16.5. The molecule has 0 spiro atoms. The van der Waals surface area contributed by atoms with Crippen LogP contribution in [0.5, 0.6) is 0 Å². The van der Waals surface area contributed by atoms with Crippen molar-refractivity contribution in [1.29, 1.82) is 0 Å². The molecule has 1 aliphatic rings. The molecule has 0 amide bonds. The fourth-order valence-electron chi connectivity index (χ4n) is 2.50. The third kappa shape index (κ3) is 2.51. The van der Waals surface area contributed by atoms with Crippen LogP contribution in [0.2, 0.25) is 0 Å². The maximum atomic E-state index is 11.6. The highest BCUT2D eigenvalue weighted by molar-refractivity contribution is 5.90. The first-order valence-corrected chi connectivity index (χ1v) is 6.31. The van der Waals surface area contributed by atoms with Crippen molar-refractivity contribution >= 4 is 5.97 Å². The second-order valence-electron chi connectivity index (χ2n) is 4.99. The van der Waals surface area contributed by atoms with Gasteiger partial charge in [0, 0.05) is 12.2 Å². The second-order valence-corrected chi connectivity index (χ2v) is 4.99. The molecule has 0 atom stereocenters. The minimum Gasteiger partial charge on any atom is -0.462 e. The first-order chi connectivity index (χ1) is 8.11. The van der Waals surface area contributed by atoms with Crippen LogP contribution in [0.15, 0.2) is 6.20 Å². The van der Waals surface area contributed by atoms with E-state index in [1.165, 1.54) is 12.8 Å². The lowest BCUT2D eigenvalue weighted by Gasteiger charge is -2.32. The Morgan fingerprint density at radius 3 is 2.88 bits per heavy atom. The number of esters is 1. The van der Waals surface area contributed by atoms with Gasteiger partial charge in [0.05, 0.1) is 12.8 Å². The quantitative estimate of drug-likeness (QED) is 0.754. The standard InChI is InChI=1S/C13H20N2O2/c1-4-17-13(16)12-7-14-15(10(12)3)8-11-5-9(2)6-11/h7,9,11H,4-6,8H2,1-3H3. The van der Waals surface area contributed by atoms with Crippen LogP contribution in [0, 0.1) is 18.8 Å². The summed E-state index contributed by atoms with van der Waals surface area (Å²) in [5.41, 5.74) is 1.52. The third-order valence-electron chi connectivity index (χ3n) is 3.50. The van der Waals surface area contributed by atoms with Crippen LogP contribution in [-0.4, -0.2) is 22.4 Å². The van der Waals surface area contributed by atoms with E-state index in [1.54, 1.807) is 6.20 Å². The van der Waals surface area contributed by atoms with E-state index in [0.29, 0.717) is 12.2 Å². The van der Waals surface area contributed by atoms with Crippen molar-refractivity contribution in [2.24, 2.45) is 11.8 Å². The molecule has 1 aromatic rings. The summed E-state index contributed by atoms with van der Waals surface area (Å²) >= 11 is 0. The van der Waals surface area contributed by atoms with Gasteiger partial charge in [0.15, 0.2) is 0 Å². The van der Waals surface area contributed by atoms with Gasteiger partial charge >= 0.3 is 5.97 Å². The molecule has 4 heteroatoms. The molecule has 0 N–H and O–H groups in total. The first-order valence-electron chi connectivity index (χ1n) is 6.31. The Morgan fingerprint density at radius 2 is 2.29 bits per heavy atom. The van der Waals surface area contributed by atoms with Crippen LogP contribution in [0.3, 0.4) is 0 Å². The number of carbonyl (C=O) groups excluding carboxylic acids is 1.